The quantitative estimate of drug-likeness (QED) is 0.636. The fourth-order valence-electron chi connectivity index (χ4n) is 0.969. The molecule has 74 valence electrons. The summed E-state index contributed by atoms with van der Waals surface area (Å²) in [6.45, 7) is 0. The second kappa shape index (κ2) is 4.97. The molecule has 0 aliphatic rings. The molecule has 0 bridgehead atoms. The molecule has 0 amide bonds. The van der Waals surface area contributed by atoms with Gasteiger partial charge in [-0.05, 0) is 34.1 Å². The van der Waals surface area contributed by atoms with E-state index in [-0.39, 0.29) is 5.57 Å². The van der Waals surface area contributed by atoms with Gasteiger partial charge in [-0.1, -0.05) is 15.9 Å². The van der Waals surface area contributed by atoms with E-state index >= 15 is 0 Å². The Balaban J connectivity index is 3.35. The zero-order chi connectivity index (χ0) is 11.4. The number of hydrogen-bond donors (Lipinski definition) is 1. The normalized spacial score (nSPS) is 8.80. The second-order valence-electron chi connectivity index (χ2n) is 2.67. The first-order valence-corrected chi connectivity index (χ1v) is 5.43. The van der Waals surface area contributed by atoms with Gasteiger partial charge in [0.2, 0.25) is 0 Å². The van der Waals surface area contributed by atoms with E-state index in [9.17, 15) is 0 Å². The maximum Gasteiger partial charge on any atom is 0.130 e. The Morgan fingerprint density at radius 2 is 1.87 bits per heavy atom. The number of anilines is 1. The molecular weight excluding hydrogens is 322 g/mol. The SMILES string of the molecule is N#CC(C#N)=Cc1cc(Br)cc(Br)c1N. The third-order valence-corrected chi connectivity index (χ3v) is 2.78. The molecule has 1 rings (SSSR count). The van der Waals surface area contributed by atoms with Crippen molar-refractivity contribution in [3.8, 4) is 12.1 Å². The van der Waals surface area contributed by atoms with Crippen LogP contribution < -0.4 is 5.73 Å². The Hall–Kier alpha value is -1.30. The minimum Gasteiger partial charge on any atom is -0.397 e. The lowest BCUT2D eigenvalue weighted by molar-refractivity contribution is 1.47. The first-order chi connectivity index (χ1) is 7.08. The number of nitrogens with two attached hydrogens (primary N) is 1. The van der Waals surface area contributed by atoms with Gasteiger partial charge in [-0.15, -0.1) is 0 Å². The van der Waals surface area contributed by atoms with Crippen LogP contribution in [0.3, 0.4) is 0 Å². The molecule has 0 radical (unpaired) electrons. The minimum atomic E-state index is 0.0201. The van der Waals surface area contributed by atoms with Crippen molar-refractivity contribution in [2.45, 2.75) is 0 Å². The summed E-state index contributed by atoms with van der Waals surface area (Å²) in [5.74, 6) is 0. The number of nitrogen functional groups attached to an aromatic ring is 1. The molecule has 0 spiro atoms. The lowest BCUT2D eigenvalue weighted by atomic mass is 10.1. The highest BCUT2D eigenvalue weighted by Gasteiger charge is 2.04. The van der Waals surface area contributed by atoms with Crippen molar-refractivity contribution >= 4 is 43.6 Å². The molecule has 0 aliphatic carbocycles. The highest BCUT2D eigenvalue weighted by atomic mass is 79.9. The molecule has 0 aliphatic heterocycles. The van der Waals surface area contributed by atoms with Gasteiger partial charge in [0, 0.05) is 14.5 Å². The van der Waals surface area contributed by atoms with Gasteiger partial charge in [0.05, 0.1) is 5.69 Å². The Bertz CT molecular complexity index is 491. The van der Waals surface area contributed by atoms with E-state index in [2.05, 4.69) is 31.9 Å². The molecule has 0 fully saturated rings. The van der Waals surface area contributed by atoms with Crippen molar-refractivity contribution < 1.29 is 0 Å². The van der Waals surface area contributed by atoms with Crippen LogP contribution in [0.5, 0.6) is 0 Å². The van der Waals surface area contributed by atoms with Crippen LogP contribution in [0.15, 0.2) is 26.7 Å². The topological polar surface area (TPSA) is 73.6 Å². The van der Waals surface area contributed by atoms with Gasteiger partial charge in [0.25, 0.3) is 0 Å². The molecule has 0 aromatic heterocycles. The summed E-state index contributed by atoms with van der Waals surface area (Å²) in [6.07, 6.45) is 1.45. The van der Waals surface area contributed by atoms with Crippen LogP contribution in [0.1, 0.15) is 5.56 Å². The van der Waals surface area contributed by atoms with Crippen LogP contribution in [0.2, 0.25) is 0 Å². The lowest BCUT2D eigenvalue weighted by Crippen LogP contribution is -1.91. The number of nitriles is 2. The van der Waals surface area contributed by atoms with E-state index in [0.717, 1.165) is 8.95 Å². The van der Waals surface area contributed by atoms with Crippen molar-refractivity contribution in [1.29, 1.82) is 10.5 Å². The highest BCUT2D eigenvalue weighted by Crippen LogP contribution is 2.29. The van der Waals surface area contributed by atoms with Crippen LogP contribution >= 0.6 is 31.9 Å². The van der Waals surface area contributed by atoms with Gasteiger partial charge >= 0.3 is 0 Å². The largest absolute Gasteiger partial charge is 0.397 e. The van der Waals surface area contributed by atoms with E-state index in [1.165, 1.54) is 6.08 Å². The Kier molecular flexibility index (Phi) is 3.90. The number of hydrogen-bond acceptors (Lipinski definition) is 3. The summed E-state index contributed by atoms with van der Waals surface area (Å²) >= 11 is 6.58. The molecule has 1 aromatic rings. The van der Waals surface area contributed by atoms with Crippen molar-refractivity contribution in [1.82, 2.24) is 0 Å². The molecule has 0 saturated heterocycles. The van der Waals surface area contributed by atoms with Crippen LogP contribution in [-0.4, -0.2) is 0 Å². The number of allylic oxidation sites excluding steroid dienone is 1. The van der Waals surface area contributed by atoms with Gasteiger partial charge in [0.15, 0.2) is 0 Å². The van der Waals surface area contributed by atoms with Crippen molar-refractivity contribution in [3.05, 3.63) is 32.2 Å². The monoisotopic (exact) mass is 325 g/mol. The Morgan fingerprint density at radius 3 is 2.40 bits per heavy atom. The van der Waals surface area contributed by atoms with E-state index < -0.39 is 0 Å². The summed E-state index contributed by atoms with van der Waals surface area (Å²) < 4.78 is 1.54. The summed E-state index contributed by atoms with van der Waals surface area (Å²) in [5, 5.41) is 17.2. The summed E-state index contributed by atoms with van der Waals surface area (Å²) in [7, 11) is 0. The third-order valence-electron chi connectivity index (χ3n) is 1.67. The number of benzene rings is 1. The van der Waals surface area contributed by atoms with E-state index in [1.807, 2.05) is 0 Å². The number of nitrogens with zero attached hydrogens (tertiary/aromatic N) is 2. The van der Waals surface area contributed by atoms with Crippen molar-refractivity contribution in [2.24, 2.45) is 0 Å². The molecule has 15 heavy (non-hydrogen) atoms. The van der Waals surface area contributed by atoms with Crippen LogP contribution in [-0.2, 0) is 0 Å². The smallest absolute Gasteiger partial charge is 0.130 e. The standard InChI is InChI=1S/C10H5Br2N3/c11-8-2-7(1-6(4-13)5-14)10(15)9(12)3-8/h1-3H,15H2. The zero-order valence-electron chi connectivity index (χ0n) is 7.46. The lowest BCUT2D eigenvalue weighted by Gasteiger charge is -2.04. The van der Waals surface area contributed by atoms with Crippen LogP contribution in [0.25, 0.3) is 6.08 Å². The average molecular weight is 327 g/mol. The second-order valence-corrected chi connectivity index (χ2v) is 4.44. The molecule has 3 nitrogen and oxygen atoms in total. The molecule has 1 aromatic carbocycles. The van der Waals surface area contributed by atoms with Crippen molar-refractivity contribution in [3.63, 3.8) is 0 Å². The minimum absolute atomic E-state index is 0.0201. The highest BCUT2D eigenvalue weighted by molar-refractivity contribution is 9.11. The molecular formula is C10H5Br2N3. The fraction of sp³-hybridized carbons (Fsp3) is 0. The molecule has 0 saturated carbocycles. The first kappa shape index (κ1) is 11.8. The van der Waals surface area contributed by atoms with E-state index in [0.29, 0.717) is 11.3 Å². The Labute approximate surface area is 104 Å². The maximum absolute atomic E-state index is 8.61. The predicted octanol–water partition coefficient (Wildman–Crippen LogP) is 3.22. The number of halogens is 2. The predicted molar refractivity (Wildman–Crippen MR) is 65.5 cm³/mol. The van der Waals surface area contributed by atoms with E-state index in [4.69, 9.17) is 16.3 Å². The van der Waals surface area contributed by atoms with Gasteiger partial charge in [-0.3, -0.25) is 0 Å². The fourth-order valence-corrected chi connectivity index (χ4v) is 2.23. The Morgan fingerprint density at radius 1 is 1.27 bits per heavy atom. The third kappa shape index (κ3) is 2.82. The van der Waals surface area contributed by atoms with Crippen LogP contribution in [0, 0.1) is 22.7 Å². The van der Waals surface area contributed by atoms with Gasteiger partial charge < -0.3 is 5.73 Å². The van der Waals surface area contributed by atoms with Gasteiger partial charge in [0.1, 0.15) is 17.7 Å². The molecule has 2 N–H and O–H groups in total. The maximum atomic E-state index is 8.61. The average Bonchev–Trinajstić information content (AvgIpc) is 2.21. The van der Waals surface area contributed by atoms with E-state index in [1.54, 1.807) is 24.3 Å². The molecule has 0 atom stereocenters. The first-order valence-electron chi connectivity index (χ1n) is 3.85. The van der Waals surface area contributed by atoms with Gasteiger partial charge in [-0.25, -0.2) is 0 Å². The molecule has 0 heterocycles. The summed E-state index contributed by atoms with van der Waals surface area (Å²) in [6, 6.07) is 7.10. The zero-order valence-corrected chi connectivity index (χ0v) is 10.6. The molecule has 0 unspecified atom stereocenters. The van der Waals surface area contributed by atoms with Crippen molar-refractivity contribution in [2.75, 3.05) is 5.73 Å². The summed E-state index contributed by atoms with van der Waals surface area (Å²) in [5.41, 5.74) is 6.93. The van der Waals surface area contributed by atoms with Gasteiger partial charge in [-0.2, -0.15) is 10.5 Å². The van der Waals surface area contributed by atoms with Crippen LogP contribution in [0.4, 0.5) is 5.69 Å². The molecule has 5 heteroatoms. The summed E-state index contributed by atoms with van der Waals surface area (Å²) in [4.78, 5) is 0. The number of rotatable bonds is 1.